The van der Waals surface area contributed by atoms with Crippen LogP contribution in [0.3, 0.4) is 0 Å². The Labute approximate surface area is 112 Å². The molecule has 96 valence electrons. The molecule has 0 aliphatic heterocycles. The molecule has 0 amide bonds. The highest BCUT2D eigenvalue weighted by Crippen LogP contribution is 2.22. The van der Waals surface area contributed by atoms with Crippen LogP contribution in [0.25, 0.3) is 10.8 Å². The second kappa shape index (κ2) is 4.86. The first-order valence-electron chi connectivity index (χ1n) is 6.44. The van der Waals surface area contributed by atoms with Crippen LogP contribution < -0.4 is 5.73 Å². The fraction of sp³-hybridized carbons (Fsp3) is 0.188. The Hall–Kier alpha value is -2.13. The average molecular weight is 251 g/mol. The quantitative estimate of drug-likeness (QED) is 0.778. The Balaban J connectivity index is 1.93. The lowest BCUT2D eigenvalue weighted by Crippen LogP contribution is -2.14. The minimum absolute atomic E-state index is 0.0630. The summed E-state index contributed by atoms with van der Waals surface area (Å²) in [7, 11) is 1.96. The van der Waals surface area contributed by atoms with Gasteiger partial charge in [0, 0.05) is 13.2 Å². The molecular weight excluding hydrogens is 234 g/mol. The summed E-state index contributed by atoms with van der Waals surface area (Å²) < 4.78 is 1.93. The number of aryl methyl sites for hydroxylation is 1. The van der Waals surface area contributed by atoms with Crippen molar-refractivity contribution in [3.05, 3.63) is 66.2 Å². The molecule has 3 nitrogen and oxygen atoms in total. The van der Waals surface area contributed by atoms with Crippen LogP contribution in [-0.4, -0.2) is 9.55 Å². The molecule has 2 N–H and O–H groups in total. The Bertz CT molecular complexity index is 695. The van der Waals surface area contributed by atoms with Gasteiger partial charge >= 0.3 is 0 Å². The summed E-state index contributed by atoms with van der Waals surface area (Å²) in [6.45, 7) is 0. The van der Waals surface area contributed by atoms with Crippen molar-refractivity contribution < 1.29 is 0 Å². The molecule has 3 heteroatoms. The van der Waals surface area contributed by atoms with Crippen molar-refractivity contribution >= 4 is 10.8 Å². The molecule has 0 saturated heterocycles. The number of nitrogens with two attached hydrogens (primary N) is 1. The van der Waals surface area contributed by atoms with Gasteiger partial charge in [-0.15, -0.1) is 0 Å². The van der Waals surface area contributed by atoms with Crippen LogP contribution >= 0.6 is 0 Å². The first-order valence-corrected chi connectivity index (χ1v) is 6.44. The van der Waals surface area contributed by atoms with Gasteiger partial charge in [-0.1, -0.05) is 42.5 Å². The van der Waals surface area contributed by atoms with Crippen LogP contribution in [0.1, 0.15) is 17.3 Å². The van der Waals surface area contributed by atoms with E-state index in [1.165, 1.54) is 16.3 Å². The number of imidazole rings is 1. The van der Waals surface area contributed by atoms with Crippen molar-refractivity contribution in [1.29, 1.82) is 0 Å². The molecule has 0 saturated carbocycles. The van der Waals surface area contributed by atoms with Gasteiger partial charge in [0.25, 0.3) is 0 Å². The number of hydrogen-bond acceptors (Lipinski definition) is 2. The smallest absolute Gasteiger partial charge is 0.0947 e. The summed E-state index contributed by atoms with van der Waals surface area (Å²) >= 11 is 0. The monoisotopic (exact) mass is 251 g/mol. The van der Waals surface area contributed by atoms with Gasteiger partial charge in [0.05, 0.1) is 18.1 Å². The molecule has 2 aromatic carbocycles. The molecule has 0 radical (unpaired) electrons. The second-order valence-corrected chi connectivity index (χ2v) is 4.91. The molecule has 3 aromatic rings. The van der Waals surface area contributed by atoms with Crippen LogP contribution in [0.5, 0.6) is 0 Å². The van der Waals surface area contributed by atoms with E-state index in [-0.39, 0.29) is 6.04 Å². The summed E-state index contributed by atoms with van der Waals surface area (Å²) in [5.41, 5.74) is 8.47. The van der Waals surface area contributed by atoms with Gasteiger partial charge in [-0.3, -0.25) is 0 Å². The van der Waals surface area contributed by atoms with E-state index in [9.17, 15) is 0 Å². The fourth-order valence-corrected chi connectivity index (χ4v) is 2.44. The van der Waals surface area contributed by atoms with E-state index in [2.05, 4.69) is 47.4 Å². The van der Waals surface area contributed by atoms with Crippen LogP contribution in [0.15, 0.2) is 55.0 Å². The molecule has 0 spiro atoms. The van der Waals surface area contributed by atoms with Crippen molar-refractivity contribution in [2.24, 2.45) is 12.8 Å². The third-order valence-electron chi connectivity index (χ3n) is 3.42. The third-order valence-corrected chi connectivity index (χ3v) is 3.42. The number of hydrogen-bond donors (Lipinski definition) is 1. The lowest BCUT2D eigenvalue weighted by Gasteiger charge is -2.11. The Morgan fingerprint density at radius 2 is 1.95 bits per heavy atom. The largest absolute Gasteiger partial charge is 0.340 e. The lowest BCUT2D eigenvalue weighted by atomic mass is 9.98. The summed E-state index contributed by atoms with van der Waals surface area (Å²) in [5, 5.41) is 2.53. The number of fused-ring (bicyclic) bond motifs is 1. The number of benzene rings is 2. The van der Waals surface area contributed by atoms with Gasteiger partial charge in [0.15, 0.2) is 0 Å². The SMILES string of the molecule is Cn1cnc(C(N)Cc2cccc3ccccc23)c1. The highest BCUT2D eigenvalue weighted by atomic mass is 15.0. The van der Waals surface area contributed by atoms with Gasteiger partial charge in [0.2, 0.25) is 0 Å². The summed E-state index contributed by atoms with van der Waals surface area (Å²) in [6, 6.07) is 14.7. The van der Waals surface area contributed by atoms with Crippen LogP contribution in [0, 0.1) is 0 Å². The first-order chi connectivity index (χ1) is 9.24. The predicted octanol–water partition coefficient (Wildman–Crippen LogP) is 2.82. The Kier molecular flexibility index (Phi) is 3.05. The van der Waals surface area contributed by atoms with Crippen molar-refractivity contribution in [3.63, 3.8) is 0 Å². The van der Waals surface area contributed by atoms with E-state index in [1.807, 2.05) is 17.8 Å². The zero-order valence-corrected chi connectivity index (χ0v) is 11.0. The predicted molar refractivity (Wildman–Crippen MR) is 77.8 cm³/mol. The van der Waals surface area contributed by atoms with Crippen molar-refractivity contribution in [2.75, 3.05) is 0 Å². The van der Waals surface area contributed by atoms with E-state index in [0.717, 1.165) is 12.1 Å². The van der Waals surface area contributed by atoms with Crippen molar-refractivity contribution in [1.82, 2.24) is 9.55 Å². The van der Waals surface area contributed by atoms with Gasteiger partial charge in [-0.2, -0.15) is 0 Å². The molecule has 0 fully saturated rings. The molecule has 0 bridgehead atoms. The Morgan fingerprint density at radius 1 is 1.16 bits per heavy atom. The normalized spacial score (nSPS) is 12.7. The highest BCUT2D eigenvalue weighted by Gasteiger charge is 2.11. The van der Waals surface area contributed by atoms with Crippen molar-refractivity contribution in [3.8, 4) is 0 Å². The number of aromatic nitrogens is 2. The third kappa shape index (κ3) is 2.37. The number of rotatable bonds is 3. The molecule has 19 heavy (non-hydrogen) atoms. The molecule has 1 atom stereocenters. The molecule has 0 aliphatic carbocycles. The standard InChI is InChI=1S/C16H17N3/c1-19-10-16(18-11-19)15(17)9-13-7-4-6-12-5-2-3-8-14(12)13/h2-8,10-11,15H,9,17H2,1H3. The molecule has 1 aromatic heterocycles. The van der Waals surface area contributed by atoms with Crippen LogP contribution in [-0.2, 0) is 13.5 Å². The molecule has 1 unspecified atom stereocenters. The zero-order chi connectivity index (χ0) is 13.2. The van der Waals surface area contributed by atoms with E-state index < -0.39 is 0 Å². The Morgan fingerprint density at radius 3 is 2.74 bits per heavy atom. The van der Waals surface area contributed by atoms with Gasteiger partial charge < -0.3 is 10.3 Å². The van der Waals surface area contributed by atoms with E-state index in [0.29, 0.717) is 0 Å². The maximum atomic E-state index is 6.26. The zero-order valence-electron chi connectivity index (χ0n) is 11.0. The summed E-state index contributed by atoms with van der Waals surface area (Å²) in [6.07, 6.45) is 4.58. The number of nitrogens with zero attached hydrogens (tertiary/aromatic N) is 2. The lowest BCUT2D eigenvalue weighted by molar-refractivity contribution is 0.703. The van der Waals surface area contributed by atoms with Crippen LogP contribution in [0.2, 0.25) is 0 Å². The van der Waals surface area contributed by atoms with Gasteiger partial charge in [0.1, 0.15) is 0 Å². The maximum absolute atomic E-state index is 6.26. The van der Waals surface area contributed by atoms with Gasteiger partial charge in [-0.25, -0.2) is 4.98 Å². The molecule has 0 aliphatic rings. The summed E-state index contributed by atoms with van der Waals surface area (Å²) in [4.78, 5) is 4.33. The van der Waals surface area contributed by atoms with Crippen molar-refractivity contribution in [2.45, 2.75) is 12.5 Å². The minimum Gasteiger partial charge on any atom is -0.340 e. The summed E-state index contributed by atoms with van der Waals surface area (Å²) in [5.74, 6) is 0. The molecule has 3 rings (SSSR count). The van der Waals surface area contributed by atoms with E-state index in [4.69, 9.17) is 5.73 Å². The topological polar surface area (TPSA) is 43.8 Å². The highest BCUT2D eigenvalue weighted by molar-refractivity contribution is 5.85. The molecule has 1 heterocycles. The van der Waals surface area contributed by atoms with E-state index >= 15 is 0 Å². The molecular formula is C16H17N3. The average Bonchev–Trinajstić information content (AvgIpc) is 2.86. The maximum Gasteiger partial charge on any atom is 0.0947 e. The second-order valence-electron chi connectivity index (χ2n) is 4.91. The van der Waals surface area contributed by atoms with Gasteiger partial charge in [-0.05, 0) is 22.8 Å². The fourth-order valence-electron chi connectivity index (χ4n) is 2.44. The first kappa shape index (κ1) is 11.9. The minimum atomic E-state index is -0.0630. The van der Waals surface area contributed by atoms with Crippen LogP contribution in [0.4, 0.5) is 0 Å². The van der Waals surface area contributed by atoms with E-state index in [1.54, 1.807) is 6.33 Å².